The third kappa shape index (κ3) is 4.40. The van der Waals surface area contributed by atoms with Crippen LogP contribution in [-0.4, -0.2) is 72.3 Å². The van der Waals surface area contributed by atoms with Crippen molar-refractivity contribution in [3.63, 3.8) is 0 Å². The van der Waals surface area contributed by atoms with E-state index in [1.54, 1.807) is 14.2 Å². The maximum absolute atomic E-state index is 15.7. The van der Waals surface area contributed by atoms with Crippen molar-refractivity contribution in [3.05, 3.63) is 41.7 Å². The Morgan fingerprint density at radius 1 is 0.829 bits per heavy atom. The van der Waals surface area contributed by atoms with Gasteiger partial charge in [-0.25, -0.2) is 9.37 Å². The molecule has 1 N–H and O–H groups in total. The molecule has 3 fully saturated rings. The number of hydrogen-bond acceptors (Lipinski definition) is 5. The fourth-order valence-corrected chi connectivity index (χ4v) is 6.12. The first kappa shape index (κ1) is 22.8. The van der Waals surface area contributed by atoms with Gasteiger partial charge in [-0.2, -0.15) is 0 Å². The van der Waals surface area contributed by atoms with Crippen LogP contribution in [0.15, 0.2) is 30.3 Å². The van der Waals surface area contributed by atoms with Gasteiger partial charge in [-0.15, -0.1) is 0 Å². The summed E-state index contributed by atoms with van der Waals surface area (Å²) in [4.78, 5) is 13.3. The second kappa shape index (κ2) is 9.43. The molecule has 3 heterocycles. The molecule has 35 heavy (non-hydrogen) atoms. The van der Waals surface area contributed by atoms with Crippen molar-refractivity contribution in [1.82, 2.24) is 19.8 Å². The van der Waals surface area contributed by atoms with Crippen molar-refractivity contribution in [2.24, 2.45) is 0 Å². The number of halogens is 1. The van der Waals surface area contributed by atoms with E-state index in [1.807, 2.05) is 30.3 Å². The number of hydrogen-bond donors (Lipinski definition) is 1. The first-order valence-corrected chi connectivity index (χ1v) is 13.0. The number of methoxy groups -OCH3 is 2. The molecule has 1 aliphatic carbocycles. The number of rotatable bonds is 6. The van der Waals surface area contributed by atoms with Crippen molar-refractivity contribution in [3.8, 4) is 22.9 Å². The van der Waals surface area contributed by atoms with Crippen molar-refractivity contribution >= 4 is 11.0 Å². The van der Waals surface area contributed by atoms with E-state index >= 15 is 4.39 Å². The zero-order valence-corrected chi connectivity index (χ0v) is 20.7. The molecule has 2 aromatic carbocycles. The Morgan fingerprint density at radius 2 is 1.49 bits per heavy atom. The number of imidazole rings is 1. The summed E-state index contributed by atoms with van der Waals surface area (Å²) >= 11 is 0. The molecule has 1 saturated carbocycles. The van der Waals surface area contributed by atoms with Gasteiger partial charge >= 0.3 is 0 Å². The standard InChI is InChI=1S/C28H35FN4O2/c1-34-24-8-3-19(17-25(24)35-2)28-30-23-7-6-22(26(29)27(23)31-28)18-9-13-32(14-10-18)21-11-15-33(16-12-21)20-4-5-20/h3,6-8,17-18,20-21H,4-5,9-16H2,1-2H3,(H,30,31). The van der Waals surface area contributed by atoms with Gasteiger partial charge in [0, 0.05) is 17.6 Å². The molecule has 3 aliphatic rings. The highest BCUT2D eigenvalue weighted by molar-refractivity contribution is 5.81. The van der Waals surface area contributed by atoms with Crippen LogP contribution in [0.2, 0.25) is 0 Å². The van der Waals surface area contributed by atoms with E-state index in [2.05, 4.69) is 19.8 Å². The van der Waals surface area contributed by atoms with Gasteiger partial charge in [0.05, 0.1) is 19.7 Å². The van der Waals surface area contributed by atoms with Crippen LogP contribution >= 0.6 is 0 Å². The number of fused-ring (bicyclic) bond motifs is 1. The summed E-state index contributed by atoms with van der Waals surface area (Å²) in [5.41, 5.74) is 2.78. The minimum atomic E-state index is -0.179. The Morgan fingerprint density at radius 3 is 2.14 bits per heavy atom. The first-order valence-electron chi connectivity index (χ1n) is 13.0. The molecule has 7 heteroatoms. The molecule has 0 spiro atoms. The molecular weight excluding hydrogens is 443 g/mol. The van der Waals surface area contributed by atoms with E-state index in [9.17, 15) is 0 Å². The van der Waals surface area contributed by atoms with Crippen LogP contribution in [0.5, 0.6) is 11.5 Å². The van der Waals surface area contributed by atoms with E-state index in [0.717, 1.165) is 48.6 Å². The topological polar surface area (TPSA) is 53.6 Å². The lowest BCUT2D eigenvalue weighted by atomic mass is 9.87. The van der Waals surface area contributed by atoms with Gasteiger partial charge in [0.15, 0.2) is 17.3 Å². The molecule has 6 rings (SSSR count). The average Bonchev–Trinajstić information content (AvgIpc) is 3.67. The van der Waals surface area contributed by atoms with Crippen LogP contribution in [0.25, 0.3) is 22.4 Å². The maximum Gasteiger partial charge on any atom is 0.161 e. The van der Waals surface area contributed by atoms with Crippen LogP contribution in [0, 0.1) is 5.82 Å². The van der Waals surface area contributed by atoms with Gasteiger partial charge < -0.3 is 24.3 Å². The third-order valence-corrected chi connectivity index (χ3v) is 8.33. The zero-order chi connectivity index (χ0) is 23.9. The van der Waals surface area contributed by atoms with Crippen molar-refractivity contribution in [1.29, 1.82) is 0 Å². The summed E-state index contributed by atoms with van der Waals surface area (Å²) in [7, 11) is 3.21. The molecule has 3 aromatic rings. The summed E-state index contributed by atoms with van der Waals surface area (Å²) < 4.78 is 26.4. The molecule has 1 aromatic heterocycles. The number of likely N-dealkylation sites (tertiary alicyclic amines) is 2. The molecule has 0 bridgehead atoms. The lowest BCUT2D eigenvalue weighted by Crippen LogP contribution is -2.48. The molecule has 0 unspecified atom stereocenters. The van der Waals surface area contributed by atoms with Gasteiger partial charge in [-0.05, 0) is 100 Å². The average molecular weight is 479 g/mol. The van der Waals surface area contributed by atoms with Gasteiger partial charge in [-0.3, -0.25) is 0 Å². The van der Waals surface area contributed by atoms with Crippen molar-refractivity contribution in [2.75, 3.05) is 40.4 Å². The number of nitrogens with one attached hydrogen (secondary N) is 1. The summed E-state index contributed by atoms with van der Waals surface area (Å²) in [5.74, 6) is 1.98. The van der Waals surface area contributed by atoms with Crippen LogP contribution in [-0.2, 0) is 0 Å². The fraction of sp³-hybridized carbons (Fsp3) is 0.536. The molecule has 2 saturated heterocycles. The molecule has 0 radical (unpaired) electrons. The van der Waals surface area contributed by atoms with Crippen LogP contribution in [0.1, 0.15) is 50.0 Å². The SMILES string of the molecule is COc1ccc(-c2nc3c(F)c(C4CCN(C5CCN(C6CC6)CC5)CC4)ccc3[nH]2)cc1OC. The quantitative estimate of drug-likeness (QED) is 0.528. The van der Waals surface area contributed by atoms with Gasteiger partial charge in [-0.1, -0.05) is 6.07 Å². The minimum absolute atomic E-state index is 0.179. The van der Waals surface area contributed by atoms with Crippen LogP contribution in [0.4, 0.5) is 4.39 Å². The zero-order valence-electron chi connectivity index (χ0n) is 20.7. The second-order valence-electron chi connectivity index (χ2n) is 10.3. The number of piperidine rings is 2. The first-order chi connectivity index (χ1) is 17.1. The Balaban J connectivity index is 1.15. The van der Waals surface area contributed by atoms with E-state index in [4.69, 9.17) is 9.47 Å². The number of aromatic nitrogens is 2. The lowest BCUT2D eigenvalue weighted by Gasteiger charge is -2.42. The van der Waals surface area contributed by atoms with E-state index < -0.39 is 0 Å². The Bertz CT molecular complexity index is 1190. The Hall–Kier alpha value is -2.64. The molecular formula is C28H35FN4O2. The number of ether oxygens (including phenoxy) is 2. The smallest absolute Gasteiger partial charge is 0.161 e. The molecule has 6 nitrogen and oxygen atoms in total. The van der Waals surface area contributed by atoms with Gasteiger partial charge in [0.25, 0.3) is 0 Å². The summed E-state index contributed by atoms with van der Waals surface area (Å²) in [6.07, 6.45) is 7.40. The highest BCUT2D eigenvalue weighted by Gasteiger charge is 2.34. The van der Waals surface area contributed by atoms with Gasteiger partial charge in [0.1, 0.15) is 11.3 Å². The van der Waals surface area contributed by atoms with Crippen LogP contribution < -0.4 is 9.47 Å². The Kier molecular flexibility index (Phi) is 6.14. The van der Waals surface area contributed by atoms with E-state index in [-0.39, 0.29) is 11.7 Å². The summed E-state index contributed by atoms with van der Waals surface area (Å²) in [6.45, 7) is 4.63. The van der Waals surface area contributed by atoms with Crippen LogP contribution in [0.3, 0.4) is 0 Å². The predicted octanol–water partition coefficient (Wildman–Crippen LogP) is 5.19. The molecule has 0 atom stereocenters. The maximum atomic E-state index is 15.7. The highest BCUT2D eigenvalue weighted by atomic mass is 19.1. The number of nitrogens with zero attached hydrogens (tertiary/aromatic N) is 3. The lowest BCUT2D eigenvalue weighted by molar-refractivity contribution is 0.0841. The molecule has 186 valence electrons. The highest BCUT2D eigenvalue weighted by Crippen LogP contribution is 2.37. The Labute approximate surface area is 206 Å². The second-order valence-corrected chi connectivity index (χ2v) is 10.3. The fourth-order valence-electron chi connectivity index (χ4n) is 6.12. The molecule has 2 aliphatic heterocycles. The van der Waals surface area contributed by atoms with Crippen molar-refractivity contribution in [2.45, 2.75) is 56.5 Å². The number of H-pyrrole nitrogens is 1. The number of aromatic amines is 1. The summed E-state index contributed by atoms with van der Waals surface area (Å²) in [6, 6.07) is 11.1. The van der Waals surface area contributed by atoms with E-state index in [1.165, 1.54) is 38.8 Å². The third-order valence-electron chi connectivity index (χ3n) is 8.33. The minimum Gasteiger partial charge on any atom is -0.493 e. The predicted molar refractivity (Wildman–Crippen MR) is 136 cm³/mol. The van der Waals surface area contributed by atoms with Crippen molar-refractivity contribution < 1.29 is 13.9 Å². The summed E-state index contributed by atoms with van der Waals surface area (Å²) in [5, 5.41) is 0. The normalized spacial score (nSPS) is 21.0. The number of benzene rings is 2. The van der Waals surface area contributed by atoms with Gasteiger partial charge in [0.2, 0.25) is 0 Å². The molecule has 0 amide bonds. The largest absolute Gasteiger partial charge is 0.493 e. The van der Waals surface area contributed by atoms with E-state index in [0.29, 0.717) is 28.9 Å². The monoisotopic (exact) mass is 478 g/mol.